The zero-order chi connectivity index (χ0) is 19.7. The second-order valence-electron chi connectivity index (χ2n) is 7.69. The van der Waals surface area contributed by atoms with Gasteiger partial charge in [0.2, 0.25) is 0 Å². The third-order valence-electron chi connectivity index (χ3n) is 5.33. The number of nitrogens with one attached hydrogen (secondary N) is 1. The average Bonchev–Trinajstić information content (AvgIpc) is 2.93. The largest absolute Gasteiger partial charge is 0.337 e. The molecule has 1 saturated heterocycles. The number of amides is 1. The van der Waals surface area contributed by atoms with Crippen molar-refractivity contribution in [3.05, 3.63) is 47.7 Å². The predicted octanol–water partition coefficient (Wildman–Crippen LogP) is 3.42. The molecule has 0 aliphatic carbocycles. The van der Waals surface area contributed by atoms with Crippen molar-refractivity contribution in [2.24, 2.45) is 0 Å². The zero-order valence-corrected chi connectivity index (χ0v) is 16.8. The van der Waals surface area contributed by atoms with Crippen molar-refractivity contribution in [1.29, 1.82) is 0 Å². The van der Waals surface area contributed by atoms with Gasteiger partial charge in [0.05, 0.1) is 22.8 Å². The Morgan fingerprint density at radius 1 is 1.18 bits per heavy atom. The molecule has 1 fully saturated rings. The minimum Gasteiger partial charge on any atom is -0.337 e. The van der Waals surface area contributed by atoms with Crippen molar-refractivity contribution in [3.8, 4) is 11.3 Å². The Labute approximate surface area is 165 Å². The lowest BCUT2D eigenvalue weighted by atomic mass is 10.0. The second-order valence-corrected chi connectivity index (χ2v) is 7.69. The summed E-state index contributed by atoms with van der Waals surface area (Å²) in [4.78, 5) is 20.3. The fourth-order valence-corrected chi connectivity index (χ4v) is 3.79. The molecule has 3 aromatic rings. The smallest absolute Gasteiger partial charge is 0.254 e. The maximum absolute atomic E-state index is 13.4. The Morgan fingerprint density at radius 2 is 2.00 bits per heavy atom. The van der Waals surface area contributed by atoms with Crippen LogP contribution in [0.1, 0.15) is 42.2 Å². The van der Waals surface area contributed by atoms with E-state index in [1.165, 1.54) is 0 Å². The molecule has 3 heterocycles. The Bertz CT molecular complexity index is 999. The number of nitrogens with zero attached hydrogens (tertiary/aromatic N) is 4. The summed E-state index contributed by atoms with van der Waals surface area (Å²) < 4.78 is 1.90. The van der Waals surface area contributed by atoms with Crippen LogP contribution < -0.4 is 5.32 Å². The van der Waals surface area contributed by atoms with Gasteiger partial charge in [-0.15, -0.1) is 0 Å². The van der Waals surface area contributed by atoms with Crippen molar-refractivity contribution in [2.45, 2.75) is 33.2 Å². The van der Waals surface area contributed by atoms with Crippen LogP contribution in [0.5, 0.6) is 0 Å². The predicted molar refractivity (Wildman–Crippen MR) is 111 cm³/mol. The number of carbonyl (C=O) groups excluding carboxylic acids is 1. The van der Waals surface area contributed by atoms with Gasteiger partial charge >= 0.3 is 0 Å². The number of rotatable bonds is 3. The van der Waals surface area contributed by atoms with E-state index in [4.69, 9.17) is 4.98 Å². The highest BCUT2D eigenvalue weighted by Crippen LogP contribution is 2.29. The molecule has 28 heavy (non-hydrogen) atoms. The quantitative estimate of drug-likeness (QED) is 0.760. The summed E-state index contributed by atoms with van der Waals surface area (Å²) in [6.07, 6.45) is 2.75. The highest BCUT2D eigenvalue weighted by molar-refractivity contribution is 6.06. The van der Waals surface area contributed by atoms with E-state index in [1.807, 2.05) is 27.8 Å². The number of benzene rings is 1. The van der Waals surface area contributed by atoms with Crippen molar-refractivity contribution in [2.75, 3.05) is 26.2 Å². The van der Waals surface area contributed by atoms with Crippen LogP contribution in [-0.4, -0.2) is 51.8 Å². The molecule has 0 bridgehead atoms. The molecule has 4 rings (SSSR count). The Morgan fingerprint density at radius 3 is 2.79 bits per heavy atom. The van der Waals surface area contributed by atoms with Gasteiger partial charge in [-0.1, -0.05) is 24.3 Å². The highest BCUT2D eigenvalue weighted by Gasteiger charge is 2.23. The van der Waals surface area contributed by atoms with Crippen molar-refractivity contribution in [3.63, 3.8) is 0 Å². The average molecular weight is 377 g/mol. The van der Waals surface area contributed by atoms with Crippen molar-refractivity contribution >= 4 is 16.9 Å². The fraction of sp³-hybridized carbons (Fsp3) is 0.409. The van der Waals surface area contributed by atoms with Gasteiger partial charge in [-0.2, -0.15) is 5.10 Å². The summed E-state index contributed by atoms with van der Waals surface area (Å²) in [7, 11) is 0. The minimum absolute atomic E-state index is 0.0641. The maximum Gasteiger partial charge on any atom is 0.254 e. The summed E-state index contributed by atoms with van der Waals surface area (Å²) in [6, 6.07) is 10.3. The van der Waals surface area contributed by atoms with E-state index in [0.717, 1.165) is 60.5 Å². The van der Waals surface area contributed by atoms with Crippen LogP contribution >= 0.6 is 0 Å². The highest BCUT2D eigenvalue weighted by atomic mass is 16.2. The van der Waals surface area contributed by atoms with E-state index < -0.39 is 0 Å². The van der Waals surface area contributed by atoms with Crippen LogP contribution in [0, 0.1) is 6.92 Å². The van der Waals surface area contributed by atoms with Crippen LogP contribution in [0.4, 0.5) is 0 Å². The van der Waals surface area contributed by atoms with E-state index in [1.54, 1.807) is 6.20 Å². The number of hydrogen-bond donors (Lipinski definition) is 1. The van der Waals surface area contributed by atoms with Crippen LogP contribution in [0.3, 0.4) is 0 Å². The molecule has 6 heteroatoms. The first-order chi connectivity index (χ1) is 13.6. The summed E-state index contributed by atoms with van der Waals surface area (Å²) in [5.41, 5.74) is 4.48. The number of pyridine rings is 1. The molecule has 146 valence electrons. The molecule has 6 nitrogen and oxygen atoms in total. The third-order valence-corrected chi connectivity index (χ3v) is 5.33. The molecular weight excluding hydrogens is 350 g/mol. The Hall–Kier alpha value is -2.73. The molecule has 1 aliphatic rings. The molecule has 1 aliphatic heterocycles. The third kappa shape index (κ3) is 3.40. The zero-order valence-electron chi connectivity index (χ0n) is 16.8. The monoisotopic (exact) mass is 377 g/mol. The normalized spacial score (nSPS) is 15.2. The molecule has 0 spiro atoms. The lowest BCUT2D eigenvalue weighted by molar-refractivity contribution is 0.0768. The van der Waals surface area contributed by atoms with Crippen LogP contribution in [-0.2, 0) is 0 Å². The number of aryl methyl sites for hydroxylation is 1. The van der Waals surface area contributed by atoms with Crippen molar-refractivity contribution in [1.82, 2.24) is 25.0 Å². The molecule has 2 aromatic heterocycles. The summed E-state index contributed by atoms with van der Waals surface area (Å²) in [5, 5.41) is 8.72. The molecule has 1 N–H and O–H groups in total. The topological polar surface area (TPSA) is 63.1 Å². The van der Waals surface area contributed by atoms with E-state index in [9.17, 15) is 4.79 Å². The molecule has 0 radical (unpaired) electrons. The van der Waals surface area contributed by atoms with E-state index in [0.29, 0.717) is 5.56 Å². The summed E-state index contributed by atoms with van der Waals surface area (Å²) in [6.45, 7) is 9.51. The first kappa shape index (κ1) is 18.6. The van der Waals surface area contributed by atoms with Crippen LogP contribution in [0.25, 0.3) is 22.3 Å². The first-order valence-corrected chi connectivity index (χ1v) is 10.0. The maximum atomic E-state index is 13.4. The number of carbonyl (C=O) groups is 1. The van der Waals surface area contributed by atoms with Crippen LogP contribution in [0.15, 0.2) is 36.5 Å². The molecule has 1 aromatic carbocycles. The lowest BCUT2D eigenvalue weighted by Gasteiger charge is -2.21. The second kappa shape index (κ2) is 7.72. The van der Waals surface area contributed by atoms with E-state index >= 15 is 0 Å². The lowest BCUT2D eigenvalue weighted by Crippen LogP contribution is -2.34. The Balaban J connectivity index is 1.89. The van der Waals surface area contributed by atoms with Crippen molar-refractivity contribution < 1.29 is 4.79 Å². The van der Waals surface area contributed by atoms with Gasteiger partial charge in [0, 0.05) is 31.2 Å². The fourth-order valence-electron chi connectivity index (χ4n) is 3.79. The standard InChI is InChI=1S/C22H27N5O/c1-15(2)27-21-19(14-24-27)18(22(28)26-11-6-9-23-10-12-26)13-20(25-21)17-8-5-4-7-16(17)3/h4-5,7-8,13-15,23H,6,9-12H2,1-3H3. The molecular formula is C22H27N5O. The number of hydrogen-bond acceptors (Lipinski definition) is 4. The van der Waals surface area contributed by atoms with Gasteiger partial charge in [-0.25, -0.2) is 9.67 Å². The van der Waals surface area contributed by atoms with Gasteiger partial charge in [-0.3, -0.25) is 4.79 Å². The van der Waals surface area contributed by atoms with E-state index in [-0.39, 0.29) is 11.9 Å². The minimum atomic E-state index is 0.0641. The molecule has 1 amide bonds. The molecule has 0 unspecified atom stereocenters. The number of fused-ring (bicyclic) bond motifs is 1. The molecule has 0 atom stereocenters. The van der Waals surface area contributed by atoms with E-state index in [2.05, 4.69) is 43.3 Å². The SMILES string of the molecule is Cc1ccccc1-c1cc(C(=O)N2CCCNCC2)c2cnn(C(C)C)c2n1. The summed E-state index contributed by atoms with van der Waals surface area (Å²) in [5.74, 6) is 0.0641. The molecule has 0 saturated carbocycles. The first-order valence-electron chi connectivity index (χ1n) is 10.0. The van der Waals surface area contributed by atoms with Gasteiger partial charge in [0.25, 0.3) is 5.91 Å². The number of aromatic nitrogens is 3. The van der Waals surface area contributed by atoms with Gasteiger partial charge < -0.3 is 10.2 Å². The Kier molecular flexibility index (Phi) is 5.13. The van der Waals surface area contributed by atoms with Gasteiger partial charge in [0.15, 0.2) is 5.65 Å². The summed E-state index contributed by atoms with van der Waals surface area (Å²) >= 11 is 0. The van der Waals surface area contributed by atoms with Gasteiger partial charge in [0.1, 0.15) is 0 Å². The van der Waals surface area contributed by atoms with Gasteiger partial charge in [-0.05, 0) is 45.4 Å². The van der Waals surface area contributed by atoms with Crippen LogP contribution in [0.2, 0.25) is 0 Å².